The van der Waals surface area contributed by atoms with Gasteiger partial charge in [0.2, 0.25) is 0 Å². The molecule has 2 N–H and O–H groups in total. The van der Waals surface area contributed by atoms with Gasteiger partial charge in [-0.15, -0.1) is 0 Å². The second kappa shape index (κ2) is 1.95. The first-order valence-electron chi connectivity index (χ1n) is 4.31. The highest BCUT2D eigenvalue weighted by atomic mass is 32.2. The molecule has 2 aliphatic heterocycles. The monoisotopic (exact) mass is 216 g/mol. The molecule has 3 fully saturated rings. The van der Waals surface area contributed by atoms with Crippen LogP contribution in [0.3, 0.4) is 0 Å². The molecule has 1 aliphatic carbocycles. The maximum absolute atomic E-state index is 11.5. The Kier molecular flexibility index (Phi) is 1.14. The number of sulfone groups is 1. The molecule has 6 nitrogen and oxygen atoms in total. The van der Waals surface area contributed by atoms with E-state index in [2.05, 4.69) is 10.6 Å². The first-order valence-corrected chi connectivity index (χ1v) is 6.02. The van der Waals surface area contributed by atoms with Gasteiger partial charge < -0.3 is 5.32 Å². The highest BCUT2D eigenvalue weighted by molar-refractivity contribution is 7.92. The highest BCUT2D eigenvalue weighted by Gasteiger charge is 2.72. The molecule has 3 atom stereocenters. The van der Waals surface area contributed by atoms with E-state index in [9.17, 15) is 18.0 Å². The molecule has 3 aliphatic rings. The fourth-order valence-electron chi connectivity index (χ4n) is 2.49. The lowest BCUT2D eigenvalue weighted by Crippen LogP contribution is -2.51. The molecule has 14 heavy (non-hydrogen) atoms. The summed E-state index contributed by atoms with van der Waals surface area (Å²) in [5.41, 5.74) is -1.15. The van der Waals surface area contributed by atoms with Crippen LogP contribution in [0.15, 0.2) is 0 Å². The van der Waals surface area contributed by atoms with Crippen molar-refractivity contribution in [2.45, 2.75) is 17.2 Å². The van der Waals surface area contributed by atoms with Crippen molar-refractivity contribution in [1.29, 1.82) is 0 Å². The molecule has 0 unspecified atom stereocenters. The van der Waals surface area contributed by atoms with Gasteiger partial charge in [0.25, 0.3) is 5.91 Å². The van der Waals surface area contributed by atoms with Gasteiger partial charge in [-0.2, -0.15) is 0 Å². The standard InChI is InChI=1S/C7H8N2O4S/c10-5-7(9-6(11)8-5)2-14(12,13)4-1-3(4)7/h3-4H,1-2H2,(H2,8,9,10,11)/t3-,4+,7+/m1/s1. The molecular formula is C7H8N2O4S. The van der Waals surface area contributed by atoms with Crippen LogP contribution >= 0.6 is 0 Å². The molecule has 0 aromatic heterocycles. The van der Waals surface area contributed by atoms with Gasteiger partial charge in [-0.1, -0.05) is 0 Å². The SMILES string of the molecule is O=C1NC(=O)[C@@]2(CS(=O)(=O)[C@H]3C[C@H]32)N1. The van der Waals surface area contributed by atoms with Gasteiger partial charge in [-0.25, -0.2) is 13.2 Å². The van der Waals surface area contributed by atoms with Gasteiger partial charge in [-0.3, -0.25) is 10.1 Å². The maximum Gasteiger partial charge on any atom is 0.322 e. The number of imide groups is 1. The third-order valence-corrected chi connectivity index (χ3v) is 5.53. The van der Waals surface area contributed by atoms with E-state index >= 15 is 0 Å². The summed E-state index contributed by atoms with van der Waals surface area (Å²) in [5, 5.41) is 4.13. The fourth-order valence-corrected chi connectivity index (χ4v) is 4.99. The third kappa shape index (κ3) is 0.742. The summed E-state index contributed by atoms with van der Waals surface area (Å²) in [6.45, 7) is 0. The number of carbonyl (C=O) groups excluding carboxylic acids is 2. The maximum atomic E-state index is 11.5. The number of hydrogen-bond acceptors (Lipinski definition) is 4. The van der Waals surface area contributed by atoms with Crippen LogP contribution in [-0.2, 0) is 14.6 Å². The average molecular weight is 216 g/mol. The summed E-state index contributed by atoms with van der Waals surface area (Å²) < 4.78 is 23.0. The van der Waals surface area contributed by atoms with Crippen LogP contribution < -0.4 is 10.6 Å². The van der Waals surface area contributed by atoms with Gasteiger partial charge in [-0.05, 0) is 6.42 Å². The predicted octanol–water partition coefficient (Wildman–Crippen LogP) is -1.62. The molecule has 0 bridgehead atoms. The first-order chi connectivity index (χ1) is 6.46. The molecule has 1 spiro atoms. The van der Waals surface area contributed by atoms with Crippen LogP contribution in [0.5, 0.6) is 0 Å². The topological polar surface area (TPSA) is 92.3 Å². The van der Waals surface area contributed by atoms with Crippen molar-refractivity contribution in [3.05, 3.63) is 0 Å². The van der Waals surface area contributed by atoms with Crippen LogP contribution in [0.4, 0.5) is 4.79 Å². The Bertz CT molecular complexity index is 456. The van der Waals surface area contributed by atoms with Gasteiger partial charge in [0, 0.05) is 5.92 Å². The number of amides is 3. The largest absolute Gasteiger partial charge is 0.322 e. The molecule has 76 valence electrons. The second-order valence-electron chi connectivity index (χ2n) is 4.07. The van der Waals surface area contributed by atoms with Crippen molar-refractivity contribution in [3.8, 4) is 0 Å². The fraction of sp³-hybridized carbons (Fsp3) is 0.714. The quantitative estimate of drug-likeness (QED) is 0.476. The molecule has 0 radical (unpaired) electrons. The predicted molar refractivity (Wildman–Crippen MR) is 45.1 cm³/mol. The lowest BCUT2D eigenvalue weighted by molar-refractivity contribution is -0.123. The van der Waals surface area contributed by atoms with E-state index in [4.69, 9.17) is 0 Å². The number of carbonyl (C=O) groups is 2. The van der Waals surface area contributed by atoms with E-state index in [1.165, 1.54) is 0 Å². The minimum absolute atomic E-state index is 0.209. The Labute approximate surface area is 80.0 Å². The van der Waals surface area contributed by atoms with Gasteiger partial charge in [0.05, 0.1) is 11.0 Å². The summed E-state index contributed by atoms with van der Waals surface area (Å²) in [4.78, 5) is 22.4. The van der Waals surface area contributed by atoms with Gasteiger partial charge in [0.1, 0.15) is 5.54 Å². The number of rotatable bonds is 0. The Morgan fingerprint density at radius 1 is 1.36 bits per heavy atom. The summed E-state index contributed by atoms with van der Waals surface area (Å²) >= 11 is 0. The van der Waals surface area contributed by atoms with Gasteiger partial charge in [0.15, 0.2) is 9.84 Å². The van der Waals surface area contributed by atoms with E-state index in [-0.39, 0.29) is 11.7 Å². The minimum Gasteiger partial charge on any atom is -0.322 e. The zero-order valence-electron chi connectivity index (χ0n) is 7.11. The van der Waals surface area contributed by atoms with Gasteiger partial charge >= 0.3 is 6.03 Å². The van der Waals surface area contributed by atoms with E-state index in [0.717, 1.165) is 0 Å². The van der Waals surface area contributed by atoms with E-state index in [1.807, 2.05) is 0 Å². The zero-order valence-corrected chi connectivity index (χ0v) is 7.93. The minimum atomic E-state index is -3.17. The number of nitrogens with one attached hydrogen (secondary N) is 2. The molecule has 2 heterocycles. The normalized spacial score (nSPS) is 47.4. The Morgan fingerprint density at radius 3 is 2.43 bits per heavy atom. The summed E-state index contributed by atoms with van der Waals surface area (Å²) in [6.07, 6.45) is 0.496. The lowest BCUT2D eigenvalue weighted by Gasteiger charge is -2.19. The number of fused-ring (bicyclic) bond motifs is 2. The summed E-state index contributed by atoms with van der Waals surface area (Å²) in [5.74, 6) is -0.942. The molecule has 0 aromatic rings. The Morgan fingerprint density at radius 2 is 2.07 bits per heavy atom. The molecule has 7 heteroatoms. The van der Waals surface area contributed by atoms with Crippen molar-refractivity contribution < 1.29 is 18.0 Å². The second-order valence-corrected chi connectivity index (χ2v) is 6.29. The molecular weight excluding hydrogens is 208 g/mol. The van der Waals surface area contributed by atoms with Crippen LogP contribution in [0.2, 0.25) is 0 Å². The number of hydrogen-bond donors (Lipinski definition) is 2. The average Bonchev–Trinajstić information content (AvgIpc) is 2.71. The smallest absolute Gasteiger partial charge is 0.322 e. The van der Waals surface area contributed by atoms with Crippen LogP contribution in [0.1, 0.15) is 6.42 Å². The molecule has 0 aromatic carbocycles. The summed E-state index contributed by atoms with van der Waals surface area (Å²) in [6, 6.07) is -0.585. The van der Waals surface area contributed by atoms with Crippen LogP contribution in [-0.4, -0.2) is 36.9 Å². The molecule has 2 saturated heterocycles. The Balaban J connectivity index is 2.08. The third-order valence-electron chi connectivity index (χ3n) is 3.22. The zero-order chi connectivity index (χ0) is 10.1. The van der Waals surface area contributed by atoms with Crippen LogP contribution in [0.25, 0.3) is 0 Å². The molecule has 3 amide bonds. The van der Waals surface area contributed by atoms with Crippen molar-refractivity contribution in [1.82, 2.24) is 10.6 Å². The van der Waals surface area contributed by atoms with Crippen LogP contribution in [0, 0.1) is 5.92 Å². The molecule has 3 rings (SSSR count). The van der Waals surface area contributed by atoms with Crippen molar-refractivity contribution >= 4 is 21.8 Å². The molecule has 1 saturated carbocycles. The van der Waals surface area contributed by atoms with Crippen molar-refractivity contribution in [3.63, 3.8) is 0 Å². The lowest BCUT2D eigenvalue weighted by atomic mass is 9.96. The van der Waals surface area contributed by atoms with E-state index in [0.29, 0.717) is 6.42 Å². The summed E-state index contributed by atoms with van der Waals surface area (Å²) in [7, 11) is -3.17. The van der Waals surface area contributed by atoms with E-state index in [1.54, 1.807) is 0 Å². The number of urea groups is 1. The van der Waals surface area contributed by atoms with E-state index < -0.39 is 32.6 Å². The first kappa shape index (κ1) is 8.22. The van der Waals surface area contributed by atoms with Crippen molar-refractivity contribution in [2.24, 2.45) is 5.92 Å². The van der Waals surface area contributed by atoms with Crippen molar-refractivity contribution in [2.75, 3.05) is 5.75 Å². The highest BCUT2D eigenvalue weighted by Crippen LogP contribution is 2.53. The Hall–Kier alpha value is -1.11.